The molecule has 1 atom stereocenters. The zero-order valence-corrected chi connectivity index (χ0v) is 13.4. The van der Waals surface area contributed by atoms with Gasteiger partial charge in [-0.1, -0.05) is 6.92 Å². The van der Waals surface area contributed by atoms with E-state index in [0.717, 1.165) is 16.7 Å². The van der Waals surface area contributed by atoms with Crippen molar-refractivity contribution in [2.75, 3.05) is 11.1 Å². The van der Waals surface area contributed by atoms with Gasteiger partial charge in [0.15, 0.2) is 23.3 Å². The molecule has 0 fully saturated rings. The molecule has 0 saturated carbocycles. The first-order valence-electron chi connectivity index (χ1n) is 6.99. The maximum absolute atomic E-state index is 13.6. The van der Waals surface area contributed by atoms with E-state index in [1.54, 1.807) is 31.2 Å². The largest absolute Gasteiger partial charge is 0.399 e. The molecule has 128 valence electrons. The van der Waals surface area contributed by atoms with Gasteiger partial charge in [-0.15, -0.1) is 11.8 Å². The highest BCUT2D eigenvalue weighted by Crippen LogP contribution is 2.29. The lowest BCUT2D eigenvalue weighted by molar-refractivity contribution is -0.115. The summed E-state index contributed by atoms with van der Waals surface area (Å²) in [4.78, 5) is 12.9. The third kappa shape index (κ3) is 4.00. The zero-order chi connectivity index (χ0) is 17.9. The third-order valence-electron chi connectivity index (χ3n) is 3.18. The van der Waals surface area contributed by atoms with E-state index in [1.165, 1.54) is 0 Å². The van der Waals surface area contributed by atoms with Gasteiger partial charge in [0.25, 0.3) is 0 Å². The highest BCUT2D eigenvalue weighted by Gasteiger charge is 2.24. The summed E-state index contributed by atoms with van der Waals surface area (Å²) < 4.78 is 53.6. The van der Waals surface area contributed by atoms with Crippen molar-refractivity contribution in [3.8, 4) is 0 Å². The monoisotopic (exact) mass is 358 g/mol. The minimum Gasteiger partial charge on any atom is -0.399 e. The molecule has 0 heterocycles. The minimum atomic E-state index is -1.64. The summed E-state index contributed by atoms with van der Waals surface area (Å²) in [5, 5.41) is 1.22. The van der Waals surface area contributed by atoms with Crippen LogP contribution in [0, 0.1) is 23.3 Å². The van der Waals surface area contributed by atoms with Crippen molar-refractivity contribution in [3.05, 3.63) is 53.6 Å². The Morgan fingerprint density at radius 3 is 2.17 bits per heavy atom. The second-order valence-electron chi connectivity index (χ2n) is 4.92. The molecule has 2 aromatic rings. The number of halogens is 4. The Morgan fingerprint density at radius 1 is 1.12 bits per heavy atom. The smallest absolute Gasteiger partial charge is 0.238 e. The summed E-state index contributed by atoms with van der Waals surface area (Å²) in [6, 6.07) is 6.77. The second-order valence-corrected chi connectivity index (χ2v) is 6.19. The van der Waals surface area contributed by atoms with E-state index < -0.39 is 40.1 Å². The van der Waals surface area contributed by atoms with Gasteiger partial charge in [0, 0.05) is 16.6 Å². The van der Waals surface area contributed by atoms with Gasteiger partial charge in [0.2, 0.25) is 5.91 Å². The molecular weight excluding hydrogens is 344 g/mol. The van der Waals surface area contributed by atoms with Crippen LogP contribution in [0.2, 0.25) is 0 Å². The predicted octanol–water partition coefficient (Wildman–Crippen LogP) is 4.33. The number of rotatable bonds is 5. The van der Waals surface area contributed by atoms with Crippen molar-refractivity contribution >= 4 is 29.0 Å². The molecule has 3 nitrogen and oxygen atoms in total. The van der Waals surface area contributed by atoms with Crippen LogP contribution in [0.4, 0.5) is 28.9 Å². The quantitative estimate of drug-likeness (QED) is 0.362. The van der Waals surface area contributed by atoms with Gasteiger partial charge in [0.05, 0.1) is 5.25 Å². The molecule has 8 heteroatoms. The molecule has 0 bridgehead atoms. The lowest BCUT2D eigenvalue weighted by Gasteiger charge is -2.16. The van der Waals surface area contributed by atoms with E-state index in [0.29, 0.717) is 12.1 Å². The van der Waals surface area contributed by atoms with Crippen molar-refractivity contribution in [2.24, 2.45) is 0 Å². The maximum atomic E-state index is 13.6. The number of anilines is 2. The number of nitrogen functional groups attached to an aromatic ring is 1. The van der Waals surface area contributed by atoms with Gasteiger partial charge in [-0.2, -0.15) is 0 Å². The average molecular weight is 358 g/mol. The number of thioether (sulfide) groups is 1. The van der Waals surface area contributed by atoms with E-state index in [9.17, 15) is 22.4 Å². The molecule has 2 rings (SSSR count). The topological polar surface area (TPSA) is 55.1 Å². The Labute approximate surface area is 140 Å². The molecule has 1 unspecified atom stereocenters. The van der Waals surface area contributed by atoms with Gasteiger partial charge < -0.3 is 11.1 Å². The lowest BCUT2D eigenvalue weighted by atomic mass is 10.2. The molecule has 1 amide bonds. The van der Waals surface area contributed by atoms with E-state index in [4.69, 9.17) is 5.73 Å². The first kappa shape index (κ1) is 18.1. The molecular formula is C16H14F4N2OS. The normalized spacial score (nSPS) is 12.0. The van der Waals surface area contributed by atoms with Crippen molar-refractivity contribution in [1.82, 2.24) is 0 Å². The minimum absolute atomic E-state index is 0.0841. The number of nitrogens with one attached hydrogen (secondary N) is 1. The lowest BCUT2D eigenvalue weighted by Crippen LogP contribution is -2.26. The molecule has 3 N–H and O–H groups in total. The summed E-state index contributed by atoms with van der Waals surface area (Å²) in [5.41, 5.74) is 4.99. The molecule has 0 spiro atoms. The zero-order valence-electron chi connectivity index (χ0n) is 12.6. The van der Waals surface area contributed by atoms with E-state index in [2.05, 4.69) is 0 Å². The SMILES string of the molecule is CCC(Sc1ccc(N)cc1)C(=O)Nc1c(F)c(F)cc(F)c1F. The molecule has 0 aliphatic heterocycles. The van der Waals surface area contributed by atoms with Crippen molar-refractivity contribution < 1.29 is 22.4 Å². The van der Waals surface area contributed by atoms with Crippen molar-refractivity contribution in [2.45, 2.75) is 23.5 Å². The molecule has 0 radical (unpaired) electrons. The molecule has 0 aliphatic rings. The van der Waals surface area contributed by atoms with Crippen LogP contribution in [0.25, 0.3) is 0 Å². The summed E-state index contributed by atoms with van der Waals surface area (Å²) in [5.74, 6) is -7.21. The van der Waals surface area contributed by atoms with Crippen LogP contribution < -0.4 is 11.1 Å². The Balaban J connectivity index is 2.19. The summed E-state index contributed by atoms with van der Waals surface area (Å²) in [6.45, 7) is 1.70. The van der Waals surface area contributed by atoms with Gasteiger partial charge >= 0.3 is 0 Å². The number of carbonyl (C=O) groups excluding carboxylic acids is 1. The van der Waals surface area contributed by atoms with E-state index >= 15 is 0 Å². The van der Waals surface area contributed by atoms with Crippen LogP contribution in [0.1, 0.15) is 13.3 Å². The number of carbonyl (C=O) groups is 1. The number of hydrogen-bond donors (Lipinski definition) is 2. The molecule has 0 aromatic heterocycles. The van der Waals surface area contributed by atoms with Crippen molar-refractivity contribution in [1.29, 1.82) is 0 Å². The fourth-order valence-electron chi connectivity index (χ4n) is 1.92. The Morgan fingerprint density at radius 2 is 1.67 bits per heavy atom. The van der Waals surface area contributed by atoms with Gasteiger partial charge in [-0.05, 0) is 30.7 Å². The third-order valence-corrected chi connectivity index (χ3v) is 4.56. The highest BCUT2D eigenvalue weighted by atomic mass is 32.2. The first-order chi connectivity index (χ1) is 11.3. The van der Waals surface area contributed by atoms with Crippen LogP contribution >= 0.6 is 11.8 Å². The number of amides is 1. The van der Waals surface area contributed by atoms with Crippen molar-refractivity contribution in [3.63, 3.8) is 0 Å². The summed E-state index contributed by atoms with van der Waals surface area (Å²) in [7, 11) is 0. The van der Waals surface area contributed by atoms with Crippen LogP contribution in [0.5, 0.6) is 0 Å². The van der Waals surface area contributed by atoms with Crippen LogP contribution in [-0.4, -0.2) is 11.2 Å². The molecule has 0 saturated heterocycles. The van der Waals surface area contributed by atoms with E-state index in [1.807, 2.05) is 5.32 Å². The Hall–Kier alpha value is -2.22. The maximum Gasteiger partial charge on any atom is 0.238 e. The highest BCUT2D eigenvalue weighted by molar-refractivity contribution is 8.00. The fourth-order valence-corrected chi connectivity index (χ4v) is 2.87. The standard InChI is InChI=1S/C16H14F4N2OS/c1-2-12(24-9-5-3-8(21)4-6-9)16(23)22-15-13(19)10(17)7-11(18)14(15)20/h3-7,12H,2,21H2,1H3,(H,22,23). The number of benzene rings is 2. The van der Waals surface area contributed by atoms with Crippen LogP contribution in [0.3, 0.4) is 0 Å². The molecule has 2 aromatic carbocycles. The first-order valence-corrected chi connectivity index (χ1v) is 7.87. The van der Waals surface area contributed by atoms with Crippen LogP contribution in [0.15, 0.2) is 35.2 Å². The van der Waals surface area contributed by atoms with Crippen LogP contribution in [-0.2, 0) is 4.79 Å². The summed E-state index contributed by atoms with van der Waals surface area (Å²) in [6.07, 6.45) is 0.335. The van der Waals surface area contributed by atoms with Gasteiger partial charge in [-0.25, -0.2) is 17.6 Å². The fraction of sp³-hybridized carbons (Fsp3) is 0.188. The Bertz CT molecular complexity index is 726. The van der Waals surface area contributed by atoms with E-state index in [-0.39, 0.29) is 6.07 Å². The average Bonchev–Trinajstić information content (AvgIpc) is 2.56. The number of nitrogens with two attached hydrogens (primary N) is 1. The molecule has 0 aliphatic carbocycles. The second kappa shape index (κ2) is 7.57. The predicted molar refractivity (Wildman–Crippen MR) is 85.7 cm³/mol. The molecule has 24 heavy (non-hydrogen) atoms. The summed E-state index contributed by atoms with van der Waals surface area (Å²) >= 11 is 1.14. The van der Waals surface area contributed by atoms with Gasteiger partial charge in [-0.3, -0.25) is 4.79 Å². The Kier molecular flexibility index (Phi) is 5.71. The number of hydrogen-bond acceptors (Lipinski definition) is 3. The van der Waals surface area contributed by atoms with Gasteiger partial charge in [0.1, 0.15) is 5.69 Å².